The molecule has 5 rings (SSSR count). The first-order chi connectivity index (χ1) is 21.1. The molecule has 9 nitrogen and oxygen atoms in total. The predicted octanol–water partition coefficient (Wildman–Crippen LogP) is 4.73. The number of carbonyl (C=O) groups is 3. The highest BCUT2D eigenvalue weighted by molar-refractivity contribution is 7.09. The summed E-state index contributed by atoms with van der Waals surface area (Å²) in [5.41, 5.74) is 2.39. The topological polar surface area (TPSA) is 104 Å². The lowest BCUT2D eigenvalue weighted by atomic mass is 9.85. The molecular formula is C34H43N5O4S. The maximum Gasteiger partial charge on any atom is 0.410 e. The highest BCUT2D eigenvalue weighted by Crippen LogP contribution is 2.39. The molecule has 2 aliphatic heterocycles. The first-order valence-electron chi connectivity index (χ1n) is 15.3. The fourth-order valence-electron chi connectivity index (χ4n) is 6.24. The number of rotatable bonds is 9. The van der Waals surface area contributed by atoms with E-state index in [-0.39, 0.29) is 42.5 Å². The largest absolute Gasteiger partial charge is 0.445 e. The van der Waals surface area contributed by atoms with Crippen LogP contribution in [0.3, 0.4) is 0 Å². The fourth-order valence-corrected chi connectivity index (χ4v) is 7.14. The zero-order chi connectivity index (χ0) is 31.4. The van der Waals surface area contributed by atoms with Crippen LogP contribution in [0.2, 0.25) is 0 Å². The van der Waals surface area contributed by atoms with Gasteiger partial charge in [-0.2, -0.15) is 0 Å². The minimum Gasteiger partial charge on any atom is -0.445 e. The Morgan fingerprint density at radius 1 is 1.05 bits per heavy atom. The Balaban J connectivity index is 1.39. The lowest BCUT2D eigenvalue weighted by Crippen LogP contribution is -2.59. The molecule has 3 heterocycles. The van der Waals surface area contributed by atoms with E-state index in [1.165, 1.54) is 0 Å². The number of amides is 3. The number of nitrogens with zero attached hydrogens (tertiary/aromatic N) is 3. The summed E-state index contributed by atoms with van der Waals surface area (Å²) in [7, 11) is 1.72. The number of carbonyl (C=O) groups excluding carboxylic acids is 3. The van der Waals surface area contributed by atoms with Gasteiger partial charge in [0.1, 0.15) is 12.6 Å². The smallest absolute Gasteiger partial charge is 0.410 e. The van der Waals surface area contributed by atoms with Gasteiger partial charge in [-0.05, 0) is 31.4 Å². The van der Waals surface area contributed by atoms with E-state index < -0.39 is 17.5 Å². The summed E-state index contributed by atoms with van der Waals surface area (Å²) in [6.07, 6.45) is 0.917. The van der Waals surface area contributed by atoms with Crippen LogP contribution >= 0.6 is 11.3 Å². The average molecular weight is 618 g/mol. The second kappa shape index (κ2) is 13.5. The summed E-state index contributed by atoms with van der Waals surface area (Å²) in [4.78, 5) is 49.4. The first-order valence-corrected chi connectivity index (χ1v) is 16.2. The highest BCUT2D eigenvalue weighted by atomic mass is 32.1. The summed E-state index contributed by atoms with van der Waals surface area (Å²) in [5.74, 6) is -0.366. The van der Waals surface area contributed by atoms with E-state index in [2.05, 4.69) is 16.0 Å². The second-order valence-electron chi connectivity index (χ2n) is 12.8. The number of likely N-dealkylation sites (tertiary alicyclic amines) is 2. The van der Waals surface area contributed by atoms with Gasteiger partial charge in [-0.15, -0.1) is 11.3 Å². The van der Waals surface area contributed by atoms with Crippen molar-refractivity contribution in [1.29, 1.82) is 0 Å². The van der Waals surface area contributed by atoms with Crippen LogP contribution in [-0.4, -0.2) is 77.0 Å². The van der Waals surface area contributed by atoms with Gasteiger partial charge in [0.2, 0.25) is 11.8 Å². The molecule has 0 aliphatic carbocycles. The molecule has 2 N–H and O–H groups in total. The zero-order valence-corrected chi connectivity index (χ0v) is 27.0. The van der Waals surface area contributed by atoms with Crippen molar-refractivity contribution in [2.24, 2.45) is 11.3 Å². The van der Waals surface area contributed by atoms with E-state index in [9.17, 15) is 14.4 Å². The number of benzene rings is 2. The molecule has 5 atom stereocenters. The van der Waals surface area contributed by atoms with Crippen molar-refractivity contribution in [2.75, 3.05) is 20.1 Å². The monoisotopic (exact) mass is 617 g/mol. The molecule has 3 amide bonds. The van der Waals surface area contributed by atoms with Crippen LogP contribution in [0.15, 0.2) is 66.0 Å². The van der Waals surface area contributed by atoms with Crippen molar-refractivity contribution in [3.8, 4) is 11.3 Å². The molecule has 0 saturated carbocycles. The number of ether oxygens (including phenoxy) is 1. The van der Waals surface area contributed by atoms with Gasteiger partial charge in [0.05, 0.1) is 28.8 Å². The van der Waals surface area contributed by atoms with Gasteiger partial charge in [0.25, 0.3) is 0 Å². The van der Waals surface area contributed by atoms with E-state index in [1.54, 1.807) is 25.3 Å². The van der Waals surface area contributed by atoms with Gasteiger partial charge in [-0.1, -0.05) is 81.4 Å². The number of aromatic nitrogens is 1. The van der Waals surface area contributed by atoms with Crippen molar-refractivity contribution >= 4 is 29.2 Å². The summed E-state index contributed by atoms with van der Waals surface area (Å²) < 4.78 is 5.78. The molecule has 44 heavy (non-hydrogen) atoms. The molecule has 0 radical (unpaired) electrons. The van der Waals surface area contributed by atoms with Crippen molar-refractivity contribution in [1.82, 2.24) is 25.4 Å². The highest BCUT2D eigenvalue weighted by Gasteiger charge is 2.54. The zero-order valence-electron chi connectivity index (χ0n) is 26.2. The van der Waals surface area contributed by atoms with Crippen molar-refractivity contribution in [2.45, 2.75) is 71.3 Å². The Morgan fingerprint density at radius 3 is 2.39 bits per heavy atom. The van der Waals surface area contributed by atoms with Crippen LogP contribution in [0.5, 0.6) is 0 Å². The molecule has 0 bridgehead atoms. The maximum absolute atomic E-state index is 14.3. The lowest BCUT2D eigenvalue weighted by Gasteiger charge is -2.37. The number of hydrogen-bond donors (Lipinski definition) is 2. The average Bonchev–Trinajstić information content (AvgIpc) is 3.75. The first kappa shape index (κ1) is 31.7. The van der Waals surface area contributed by atoms with Gasteiger partial charge >= 0.3 is 6.09 Å². The molecule has 1 aromatic heterocycles. The van der Waals surface area contributed by atoms with Crippen LogP contribution in [0.1, 0.15) is 44.7 Å². The van der Waals surface area contributed by atoms with Crippen LogP contribution in [0.25, 0.3) is 11.3 Å². The normalized spacial score (nSPS) is 21.1. The third kappa shape index (κ3) is 6.97. The predicted molar refractivity (Wildman–Crippen MR) is 172 cm³/mol. The second-order valence-corrected chi connectivity index (χ2v) is 13.8. The Bertz CT molecular complexity index is 1440. The number of hydrogen-bond acceptors (Lipinski definition) is 7. The molecule has 2 aromatic carbocycles. The molecule has 234 valence electrons. The molecule has 2 aliphatic rings. The van der Waals surface area contributed by atoms with Crippen LogP contribution in [0.4, 0.5) is 4.79 Å². The molecule has 0 spiro atoms. The summed E-state index contributed by atoms with van der Waals surface area (Å²) in [6, 6.07) is 18.2. The van der Waals surface area contributed by atoms with Crippen molar-refractivity contribution < 1.29 is 19.1 Å². The maximum atomic E-state index is 14.3. The number of fused-ring (bicyclic) bond motifs is 1. The molecule has 5 unspecified atom stereocenters. The van der Waals surface area contributed by atoms with Gasteiger partial charge in [-0.3, -0.25) is 9.59 Å². The van der Waals surface area contributed by atoms with Crippen molar-refractivity contribution in [3.63, 3.8) is 0 Å². The third-order valence-electron chi connectivity index (χ3n) is 8.74. The molecule has 3 aromatic rings. The minimum absolute atomic E-state index is 0.0296. The summed E-state index contributed by atoms with van der Waals surface area (Å²) in [5, 5.41) is 9.00. The van der Waals surface area contributed by atoms with Crippen LogP contribution in [-0.2, 0) is 27.4 Å². The van der Waals surface area contributed by atoms with E-state index in [0.29, 0.717) is 25.9 Å². The fraction of sp³-hybridized carbons (Fsp3) is 0.471. The Morgan fingerprint density at radius 2 is 1.73 bits per heavy atom. The quantitative estimate of drug-likeness (QED) is 0.360. The third-order valence-corrected chi connectivity index (χ3v) is 9.61. The number of nitrogens with one attached hydrogen (secondary N) is 2. The van der Waals surface area contributed by atoms with Crippen LogP contribution < -0.4 is 10.6 Å². The van der Waals surface area contributed by atoms with E-state index in [0.717, 1.165) is 21.8 Å². The van der Waals surface area contributed by atoms with Crippen molar-refractivity contribution in [3.05, 3.63) is 76.6 Å². The van der Waals surface area contributed by atoms with Gasteiger partial charge in [-0.25, -0.2) is 9.78 Å². The molecule has 10 heteroatoms. The van der Waals surface area contributed by atoms with Gasteiger partial charge in [0.15, 0.2) is 0 Å². The van der Waals surface area contributed by atoms with Gasteiger partial charge < -0.3 is 25.2 Å². The molecular weight excluding hydrogens is 574 g/mol. The van der Waals surface area contributed by atoms with E-state index in [4.69, 9.17) is 9.72 Å². The molecule has 2 fully saturated rings. The Hall–Kier alpha value is -3.76. The summed E-state index contributed by atoms with van der Waals surface area (Å²) in [6.45, 7) is 8.83. The Kier molecular flexibility index (Phi) is 9.70. The SMILES string of the molecule is CNC(C)C(=O)NC(C(=O)N1CCC2C1C(Cc1nc(-c3ccccc3)cs1)CN2C(=O)OCc1ccccc1)C(C)(C)C. The number of likely N-dealkylation sites (N-methyl/N-ethyl adjacent to an activating group) is 1. The lowest BCUT2D eigenvalue weighted by molar-refractivity contribution is -0.141. The van der Waals surface area contributed by atoms with E-state index in [1.807, 2.05) is 91.2 Å². The Labute approximate surface area is 264 Å². The summed E-state index contributed by atoms with van der Waals surface area (Å²) >= 11 is 1.60. The molecule has 2 saturated heterocycles. The standard InChI is InChI=1S/C34H43N5O4S/c1-22(35-5)31(40)37-30(34(2,3)4)32(41)38-17-16-27-29(38)25(18-28-36-26(21-44-28)24-14-10-7-11-15-24)19-39(27)33(42)43-20-23-12-8-6-9-13-23/h6-15,21-22,25,27,29-30,35H,16-20H2,1-5H3,(H,37,40). The van der Waals surface area contributed by atoms with Crippen LogP contribution in [0, 0.1) is 11.3 Å². The number of thiazole rings is 1. The van der Waals surface area contributed by atoms with Gasteiger partial charge in [0, 0.05) is 36.4 Å². The van der Waals surface area contributed by atoms with E-state index >= 15 is 0 Å². The minimum atomic E-state index is -0.714.